The molecular weight excluding hydrogens is 240 g/mol. The van der Waals surface area contributed by atoms with Gasteiger partial charge in [-0.3, -0.25) is 5.26 Å². The number of ether oxygens (including phenoxy) is 1. The molecule has 0 bridgehead atoms. The Morgan fingerprint density at radius 2 is 2.16 bits per heavy atom. The van der Waals surface area contributed by atoms with Gasteiger partial charge >= 0.3 is 0 Å². The van der Waals surface area contributed by atoms with E-state index in [0.717, 1.165) is 19.3 Å². The second kappa shape index (κ2) is 5.87. The highest BCUT2D eigenvalue weighted by molar-refractivity contribution is 5.15. The van der Waals surface area contributed by atoms with Crippen LogP contribution in [0, 0.1) is 0 Å². The van der Waals surface area contributed by atoms with Crippen molar-refractivity contribution >= 4 is 0 Å². The minimum Gasteiger partial charge on any atom is -0.371 e. The largest absolute Gasteiger partial charge is 0.371 e. The van der Waals surface area contributed by atoms with E-state index in [9.17, 15) is 0 Å². The molecule has 1 aliphatic rings. The van der Waals surface area contributed by atoms with Gasteiger partial charge in [0.1, 0.15) is 5.60 Å². The summed E-state index contributed by atoms with van der Waals surface area (Å²) in [5.74, 6) is 0. The van der Waals surface area contributed by atoms with Gasteiger partial charge in [0.2, 0.25) is 0 Å². The highest BCUT2D eigenvalue weighted by Crippen LogP contribution is 2.40. The summed E-state index contributed by atoms with van der Waals surface area (Å²) in [5.41, 5.74) is 0.433. The minimum absolute atomic E-state index is 0.269. The molecule has 1 heterocycles. The van der Waals surface area contributed by atoms with E-state index in [4.69, 9.17) is 9.99 Å². The number of benzene rings is 1. The zero-order valence-corrected chi connectivity index (χ0v) is 11.5. The lowest BCUT2D eigenvalue weighted by Crippen LogP contribution is -2.32. The second-order valence-electron chi connectivity index (χ2n) is 5.67. The summed E-state index contributed by atoms with van der Waals surface area (Å²) in [7, 11) is 0. The van der Waals surface area contributed by atoms with Gasteiger partial charge in [-0.2, -0.15) is 0 Å². The van der Waals surface area contributed by atoms with Crippen LogP contribution in [0.15, 0.2) is 43.0 Å². The molecule has 0 saturated carbocycles. The van der Waals surface area contributed by atoms with Crippen LogP contribution in [0.1, 0.15) is 31.7 Å². The molecule has 3 nitrogen and oxygen atoms in total. The topological polar surface area (TPSA) is 38.7 Å². The molecule has 3 heteroatoms. The monoisotopic (exact) mass is 262 g/mol. The first-order valence-electron chi connectivity index (χ1n) is 6.73. The fraction of sp³-hybridized carbons (Fsp3) is 0.500. The predicted molar refractivity (Wildman–Crippen MR) is 75.0 cm³/mol. The third-order valence-corrected chi connectivity index (χ3v) is 3.83. The maximum atomic E-state index is 9.01. The normalized spacial score (nSPS) is 30.4. The van der Waals surface area contributed by atoms with Crippen molar-refractivity contribution in [1.29, 1.82) is 0 Å². The molecule has 2 rings (SSSR count). The molecule has 1 aliphatic heterocycles. The fourth-order valence-corrected chi connectivity index (χ4v) is 2.82. The third-order valence-electron chi connectivity index (χ3n) is 3.83. The molecule has 19 heavy (non-hydrogen) atoms. The van der Waals surface area contributed by atoms with Gasteiger partial charge in [-0.05, 0) is 31.7 Å². The van der Waals surface area contributed by atoms with Crippen LogP contribution in [0.3, 0.4) is 0 Å². The van der Waals surface area contributed by atoms with Crippen molar-refractivity contribution in [2.75, 3.05) is 6.61 Å². The zero-order valence-electron chi connectivity index (χ0n) is 11.5. The van der Waals surface area contributed by atoms with E-state index in [0.29, 0.717) is 13.0 Å². The first kappa shape index (κ1) is 14.3. The molecule has 0 spiro atoms. The summed E-state index contributed by atoms with van der Waals surface area (Å²) in [6, 6.07) is 10.4. The fourth-order valence-electron chi connectivity index (χ4n) is 2.82. The van der Waals surface area contributed by atoms with Crippen LogP contribution < -0.4 is 0 Å². The second-order valence-corrected chi connectivity index (χ2v) is 5.67. The predicted octanol–water partition coefficient (Wildman–Crippen LogP) is 3.60. The summed E-state index contributed by atoms with van der Waals surface area (Å²) >= 11 is 0. The van der Waals surface area contributed by atoms with E-state index in [1.54, 1.807) is 0 Å². The zero-order chi connectivity index (χ0) is 13.8. The van der Waals surface area contributed by atoms with Crippen LogP contribution in [0.4, 0.5) is 0 Å². The Kier molecular flexibility index (Phi) is 4.40. The van der Waals surface area contributed by atoms with Crippen LogP contribution in [-0.2, 0) is 16.0 Å². The molecule has 104 valence electrons. The SMILES string of the molecule is C=CC[C@]1(CCc2ccccc2)C[C@](C)(OO)CO1. The van der Waals surface area contributed by atoms with Gasteiger partial charge in [-0.25, -0.2) is 4.89 Å². The van der Waals surface area contributed by atoms with Gasteiger partial charge in [0, 0.05) is 6.42 Å². The van der Waals surface area contributed by atoms with E-state index in [-0.39, 0.29) is 5.60 Å². The molecule has 1 aromatic rings. The lowest BCUT2D eigenvalue weighted by molar-refractivity contribution is -0.315. The number of rotatable bonds is 6. The van der Waals surface area contributed by atoms with Crippen molar-refractivity contribution in [3.8, 4) is 0 Å². The maximum absolute atomic E-state index is 9.01. The van der Waals surface area contributed by atoms with Crippen molar-refractivity contribution < 1.29 is 14.9 Å². The molecule has 0 aromatic heterocycles. The van der Waals surface area contributed by atoms with Crippen LogP contribution >= 0.6 is 0 Å². The van der Waals surface area contributed by atoms with Crippen LogP contribution in [0.5, 0.6) is 0 Å². The summed E-state index contributed by atoms with van der Waals surface area (Å²) in [4.78, 5) is 4.59. The van der Waals surface area contributed by atoms with E-state index in [2.05, 4.69) is 23.6 Å². The van der Waals surface area contributed by atoms with Crippen LogP contribution in [0.2, 0.25) is 0 Å². The lowest BCUT2D eigenvalue weighted by atomic mass is 9.84. The Bertz CT molecular complexity index is 417. The summed E-state index contributed by atoms with van der Waals surface area (Å²) in [6.07, 6.45) is 5.21. The summed E-state index contributed by atoms with van der Waals surface area (Å²) in [5, 5.41) is 9.01. The van der Waals surface area contributed by atoms with Crippen LogP contribution in [-0.4, -0.2) is 23.1 Å². The van der Waals surface area contributed by atoms with E-state index in [1.807, 2.05) is 31.2 Å². The summed E-state index contributed by atoms with van der Waals surface area (Å²) < 4.78 is 5.95. The number of hydrogen-bond donors (Lipinski definition) is 1. The van der Waals surface area contributed by atoms with Gasteiger partial charge < -0.3 is 4.74 Å². The Balaban J connectivity index is 2.03. The smallest absolute Gasteiger partial charge is 0.126 e. The van der Waals surface area contributed by atoms with Gasteiger partial charge in [0.05, 0.1) is 12.2 Å². The average Bonchev–Trinajstić information content (AvgIpc) is 2.77. The first-order valence-corrected chi connectivity index (χ1v) is 6.73. The van der Waals surface area contributed by atoms with Gasteiger partial charge in [-0.15, -0.1) is 6.58 Å². The molecule has 2 atom stereocenters. The quantitative estimate of drug-likeness (QED) is 0.483. The first-order chi connectivity index (χ1) is 9.11. The highest BCUT2D eigenvalue weighted by Gasteiger charge is 2.47. The van der Waals surface area contributed by atoms with E-state index < -0.39 is 5.60 Å². The van der Waals surface area contributed by atoms with Crippen molar-refractivity contribution in [1.82, 2.24) is 0 Å². The Hall–Kier alpha value is -1.16. The molecule has 1 N–H and O–H groups in total. The standard InChI is InChI=1S/C16H22O3/c1-3-10-16(12-15(2,19-17)13-18-16)11-9-14-7-5-4-6-8-14/h3-8,17H,1,9-13H2,2H3/t15-,16-/m0/s1. The van der Waals surface area contributed by atoms with E-state index in [1.165, 1.54) is 5.56 Å². The molecule has 1 fully saturated rings. The van der Waals surface area contributed by atoms with E-state index >= 15 is 0 Å². The lowest BCUT2D eigenvalue weighted by Gasteiger charge is -2.28. The van der Waals surface area contributed by atoms with Crippen LogP contribution in [0.25, 0.3) is 0 Å². The molecule has 1 aromatic carbocycles. The van der Waals surface area contributed by atoms with Crippen molar-refractivity contribution in [2.24, 2.45) is 0 Å². The highest BCUT2D eigenvalue weighted by atomic mass is 17.1. The van der Waals surface area contributed by atoms with Crippen molar-refractivity contribution in [3.05, 3.63) is 48.6 Å². The van der Waals surface area contributed by atoms with Crippen molar-refractivity contribution in [3.63, 3.8) is 0 Å². The Labute approximate surface area is 114 Å². The molecule has 1 saturated heterocycles. The van der Waals surface area contributed by atoms with Gasteiger partial charge in [-0.1, -0.05) is 36.4 Å². The number of aryl methyl sites for hydroxylation is 1. The maximum Gasteiger partial charge on any atom is 0.126 e. The van der Waals surface area contributed by atoms with Crippen molar-refractivity contribution in [2.45, 2.75) is 43.8 Å². The average molecular weight is 262 g/mol. The number of hydrogen-bond acceptors (Lipinski definition) is 3. The molecule has 0 unspecified atom stereocenters. The Morgan fingerprint density at radius 1 is 1.42 bits per heavy atom. The third kappa shape index (κ3) is 3.44. The molecular formula is C16H22O3. The Morgan fingerprint density at radius 3 is 2.74 bits per heavy atom. The molecule has 0 amide bonds. The minimum atomic E-state index is -0.598. The molecule has 0 aliphatic carbocycles. The summed E-state index contributed by atoms with van der Waals surface area (Å²) in [6.45, 7) is 6.11. The van der Waals surface area contributed by atoms with Gasteiger partial charge in [0.25, 0.3) is 0 Å². The molecule has 0 radical (unpaired) electrons. The van der Waals surface area contributed by atoms with Gasteiger partial charge in [0.15, 0.2) is 0 Å².